The molecule has 30 heavy (non-hydrogen) atoms. The molecular weight excluding hydrogens is 376 g/mol. The van der Waals surface area contributed by atoms with E-state index >= 15 is 0 Å². The first-order valence-corrected chi connectivity index (χ1v) is 10.5. The second-order valence-electron chi connectivity index (χ2n) is 6.93. The number of anilines is 2. The van der Waals surface area contributed by atoms with Crippen molar-refractivity contribution in [1.82, 2.24) is 10.6 Å². The summed E-state index contributed by atoms with van der Waals surface area (Å²) in [4.78, 5) is 29.0. The fraction of sp³-hybridized carbons (Fsp3) is 0.333. The second-order valence-corrected chi connectivity index (χ2v) is 6.93. The molecule has 160 valence electrons. The van der Waals surface area contributed by atoms with Crippen molar-refractivity contribution >= 4 is 23.4 Å². The molecule has 2 rings (SSSR count). The van der Waals surface area contributed by atoms with E-state index in [2.05, 4.69) is 31.1 Å². The molecule has 0 bridgehead atoms. The first kappa shape index (κ1) is 23.0. The van der Waals surface area contributed by atoms with Crippen LogP contribution >= 0.6 is 0 Å². The number of benzene rings is 2. The number of nitrogens with one attached hydrogen (secondary N) is 2. The molecule has 0 unspecified atom stereocenters. The topological polar surface area (TPSA) is 64.7 Å². The molecule has 2 aromatic carbocycles. The first-order chi connectivity index (χ1) is 14.6. The molecule has 0 aliphatic heterocycles. The molecule has 4 amide bonds. The van der Waals surface area contributed by atoms with E-state index < -0.39 is 0 Å². The van der Waals surface area contributed by atoms with Gasteiger partial charge < -0.3 is 10.6 Å². The molecule has 0 aromatic heterocycles. The number of para-hydroxylation sites is 2. The average molecular weight is 409 g/mol. The maximum Gasteiger partial charge on any atom is 0.327 e. The Labute approximate surface area is 179 Å². The van der Waals surface area contributed by atoms with E-state index in [1.165, 1.54) is 9.80 Å². The summed E-state index contributed by atoms with van der Waals surface area (Å²) in [6.07, 6.45) is 3.70. The van der Waals surface area contributed by atoms with Crippen LogP contribution < -0.4 is 20.4 Å². The Hall–Kier alpha value is -3.28. The SMILES string of the molecule is C=C(N(C(=O)NCCCC)c1ccccc1)N(C(=O)NCCCC)c1ccccc1. The van der Waals surface area contributed by atoms with Crippen LogP contribution in [0.2, 0.25) is 0 Å². The quantitative estimate of drug-likeness (QED) is 0.511. The third-order valence-corrected chi connectivity index (χ3v) is 4.56. The number of hydrogen-bond acceptors (Lipinski definition) is 2. The van der Waals surface area contributed by atoms with Crippen LogP contribution in [0.3, 0.4) is 0 Å². The molecule has 6 nitrogen and oxygen atoms in total. The van der Waals surface area contributed by atoms with Gasteiger partial charge in [-0.25, -0.2) is 19.4 Å². The summed E-state index contributed by atoms with van der Waals surface area (Å²) in [5.41, 5.74) is 1.28. The van der Waals surface area contributed by atoms with E-state index in [-0.39, 0.29) is 17.9 Å². The molecule has 0 radical (unpaired) electrons. The highest BCUT2D eigenvalue weighted by molar-refractivity contribution is 6.02. The highest BCUT2D eigenvalue weighted by Gasteiger charge is 2.28. The van der Waals surface area contributed by atoms with Crippen LogP contribution in [-0.2, 0) is 0 Å². The Morgan fingerprint density at radius 1 is 0.733 bits per heavy atom. The van der Waals surface area contributed by atoms with Gasteiger partial charge in [-0.1, -0.05) is 69.7 Å². The van der Waals surface area contributed by atoms with Crippen molar-refractivity contribution in [2.24, 2.45) is 0 Å². The number of rotatable bonds is 10. The smallest absolute Gasteiger partial charge is 0.327 e. The predicted octanol–water partition coefficient (Wildman–Crippen LogP) is 5.49. The van der Waals surface area contributed by atoms with Gasteiger partial charge in [0.2, 0.25) is 0 Å². The molecule has 0 saturated heterocycles. The van der Waals surface area contributed by atoms with Gasteiger partial charge in [0.15, 0.2) is 0 Å². The van der Waals surface area contributed by atoms with Gasteiger partial charge in [0.05, 0.1) is 11.4 Å². The van der Waals surface area contributed by atoms with Crippen molar-refractivity contribution < 1.29 is 9.59 Å². The van der Waals surface area contributed by atoms with Gasteiger partial charge in [-0.2, -0.15) is 0 Å². The number of amides is 4. The standard InChI is InChI=1S/C24H32N4O2/c1-4-6-18-25-23(29)27(21-14-10-8-11-15-21)20(3)28(22-16-12-9-13-17-22)24(30)26-19-7-5-2/h8-17H,3-7,18-19H2,1-2H3,(H,25,29)(H,26,30). The number of nitrogens with zero attached hydrogens (tertiary/aromatic N) is 2. The Morgan fingerprint density at radius 3 is 1.43 bits per heavy atom. The van der Waals surface area contributed by atoms with Crippen LogP contribution in [0.5, 0.6) is 0 Å². The fourth-order valence-electron chi connectivity index (χ4n) is 2.92. The van der Waals surface area contributed by atoms with Gasteiger partial charge in [0.25, 0.3) is 0 Å². The van der Waals surface area contributed by atoms with Crippen LogP contribution in [0.25, 0.3) is 0 Å². The summed E-state index contributed by atoms with van der Waals surface area (Å²) in [7, 11) is 0. The van der Waals surface area contributed by atoms with E-state index in [1.54, 1.807) is 0 Å². The lowest BCUT2D eigenvalue weighted by molar-refractivity contribution is 0.245. The maximum atomic E-state index is 13.1. The van der Waals surface area contributed by atoms with Crippen molar-refractivity contribution in [1.29, 1.82) is 0 Å². The van der Waals surface area contributed by atoms with E-state index in [4.69, 9.17) is 0 Å². The zero-order valence-corrected chi connectivity index (χ0v) is 17.9. The lowest BCUT2D eigenvalue weighted by Gasteiger charge is -2.33. The molecule has 0 heterocycles. The molecule has 2 aromatic rings. The van der Waals surface area contributed by atoms with Gasteiger partial charge in [0.1, 0.15) is 5.82 Å². The molecule has 6 heteroatoms. The summed E-state index contributed by atoms with van der Waals surface area (Å²) >= 11 is 0. The van der Waals surface area contributed by atoms with Crippen LogP contribution in [0.1, 0.15) is 39.5 Å². The minimum Gasteiger partial charge on any atom is -0.337 e. The normalized spacial score (nSPS) is 10.2. The van der Waals surface area contributed by atoms with Crippen molar-refractivity contribution in [2.75, 3.05) is 22.9 Å². The van der Waals surface area contributed by atoms with Crippen LogP contribution in [-0.4, -0.2) is 25.2 Å². The average Bonchev–Trinajstić information content (AvgIpc) is 2.76. The van der Waals surface area contributed by atoms with Crippen molar-refractivity contribution in [3.8, 4) is 0 Å². The third kappa shape index (κ3) is 6.37. The highest BCUT2D eigenvalue weighted by Crippen LogP contribution is 2.25. The number of unbranched alkanes of at least 4 members (excludes halogenated alkanes) is 2. The third-order valence-electron chi connectivity index (χ3n) is 4.56. The monoisotopic (exact) mass is 408 g/mol. The highest BCUT2D eigenvalue weighted by atomic mass is 16.2. The largest absolute Gasteiger partial charge is 0.337 e. The number of hydrogen-bond donors (Lipinski definition) is 2. The lowest BCUT2D eigenvalue weighted by atomic mass is 10.2. The van der Waals surface area contributed by atoms with E-state index in [0.29, 0.717) is 24.5 Å². The van der Waals surface area contributed by atoms with Crippen molar-refractivity contribution in [3.63, 3.8) is 0 Å². The predicted molar refractivity (Wildman–Crippen MR) is 124 cm³/mol. The van der Waals surface area contributed by atoms with Crippen molar-refractivity contribution in [3.05, 3.63) is 73.1 Å². The first-order valence-electron chi connectivity index (χ1n) is 10.5. The van der Waals surface area contributed by atoms with Gasteiger partial charge in [-0.05, 0) is 37.1 Å². The number of urea groups is 2. The molecule has 2 N–H and O–H groups in total. The minimum absolute atomic E-state index is 0.260. The molecule has 0 aliphatic rings. The van der Waals surface area contributed by atoms with Crippen LogP contribution in [0, 0.1) is 0 Å². The number of carbonyl (C=O) groups excluding carboxylic acids is 2. The van der Waals surface area contributed by atoms with E-state index in [9.17, 15) is 9.59 Å². The Balaban J connectivity index is 2.38. The molecule has 0 aliphatic carbocycles. The molecule has 0 atom stereocenters. The Kier molecular flexibility index (Phi) is 9.45. The Bertz CT molecular complexity index is 741. The molecule has 0 saturated carbocycles. The second kappa shape index (κ2) is 12.3. The summed E-state index contributed by atoms with van der Waals surface area (Å²) < 4.78 is 0. The van der Waals surface area contributed by atoms with Crippen molar-refractivity contribution in [2.45, 2.75) is 39.5 Å². The summed E-state index contributed by atoms with van der Waals surface area (Å²) in [6, 6.07) is 17.8. The summed E-state index contributed by atoms with van der Waals surface area (Å²) in [5, 5.41) is 5.86. The van der Waals surface area contributed by atoms with Crippen LogP contribution in [0.15, 0.2) is 73.1 Å². The van der Waals surface area contributed by atoms with Crippen LogP contribution in [0.4, 0.5) is 21.0 Å². The zero-order valence-electron chi connectivity index (χ0n) is 17.9. The maximum absolute atomic E-state index is 13.1. The van der Waals surface area contributed by atoms with Gasteiger partial charge in [-0.3, -0.25) is 0 Å². The Morgan fingerprint density at radius 2 is 1.10 bits per heavy atom. The molecular formula is C24H32N4O2. The number of carbonyl (C=O) groups is 2. The molecule has 0 fully saturated rings. The lowest BCUT2D eigenvalue weighted by Crippen LogP contribution is -2.49. The van der Waals surface area contributed by atoms with E-state index in [0.717, 1.165) is 25.7 Å². The van der Waals surface area contributed by atoms with E-state index in [1.807, 2.05) is 60.7 Å². The summed E-state index contributed by atoms with van der Waals surface area (Å²) in [5.74, 6) is 0.260. The van der Waals surface area contributed by atoms with Gasteiger partial charge >= 0.3 is 12.1 Å². The van der Waals surface area contributed by atoms with Gasteiger partial charge in [-0.15, -0.1) is 0 Å². The zero-order chi connectivity index (χ0) is 21.8. The molecule has 0 spiro atoms. The summed E-state index contributed by atoms with van der Waals surface area (Å²) in [6.45, 7) is 9.38. The van der Waals surface area contributed by atoms with Gasteiger partial charge in [0, 0.05) is 13.1 Å². The minimum atomic E-state index is -0.318. The fourth-order valence-corrected chi connectivity index (χ4v) is 2.92.